The van der Waals surface area contributed by atoms with E-state index in [-0.39, 0.29) is 5.69 Å². The standard InChI is InChI=1S/C19H14ClF3N4O/c20-17-8-7-15(10-16(17)19(21,22)23)27(18(24)28)26-14-5-3-12(4-6-14)13-2-1-9-25-11-13/h1-11,26H,(H2,24,28). The van der Waals surface area contributed by atoms with Gasteiger partial charge in [0.2, 0.25) is 0 Å². The third-order valence-corrected chi connectivity index (χ3v) is 4.18. The zero-order valence-electron chi connectivity index (χ0n) is 14.2. The number of nitrogens with zero attached hydrogens (tertiary/aromatic N) is 2. The Labute approximate surface area is 163 Å². The Morgan fingerprint density at radius 2 is 1.79 bits per heavy atom. The van der Waals surface area contributed by atoms with Crippen LogP contribution in [0.3, 0.4) is 0 Å². The second-order valence-corrected chi connectivity index (χ2v) is 6.17. The van der Waals surface area contributed by atoms with Gasteiger partial charge >= 0.3 is 12.2 Å². The Bertz CT molecular complexity index is 979. The molecule has 5 nitrogen and oxygen atoms in total. The number of nitrogens with one attached hydrogen (secondary N) is 1. The van der Waals surface area contributed by atoms with Crippen LogP contribution in [0.25, 0.3) is 11.1 Å². The van der Waals surface area contributed by atoms with Gasteiger partial charge in [0, 0.05) is 12.4 Å². The average Bonchev–Trinajstić information content (AvgIpc) is 2.67. The van der Waals surface area contributed by atoms with Crippen LogP contribution in [0.15, 0.2) is 67.0 Å². The predicted molar refractivity (Wildman–Crippen MR) is 102 cm³/mol. The van der Waals surface area contributed by atoms with E-state index in [9.17, 15) is 18.0 Å². The van der Waals surface area contributed by atoms with Crippen LogP contribution in [0.1, 0.15) is 5.56 Å². The molecule has 0 unspecified atom stereocenters. The second-order valence-electron chi connectivity index (χ2n) is 5.77. The number of alkyl halides is 3. The molecule has 0 aliphatic carbocycles. The van der Waals surface area contributed by atoms with E-state index in [0.717, 1.165) is 28.3 Å². The molecule has 3 N–H and O–H groups in total. The van der Waals surface area contributed by atoms with Crippen molar-refractivity contribution in [2.45, 2.75) is 6.18 Å². The minimum absolute atomic E-state index is 0.0967. The minimum atomic E-state index is -4.66. The molecule has 28 heavy (non-hydrogen) atoms. The number of carbonyl (C=O) groups is 1. The number of anilines is 2. The van der Waals surface area contributed by atoms with Gasteiger partial charge in [-0.15, -0.1) is 0 Å². The Morgan fingerprint density at radius 1 is 1.07 bits per heavy atom. The van der Waals surface area contributed by atoms with Crippen LogP contribution in [-0.2, 0) is 6.18 Å². The number of rotatable bonds is 4. The highest BCUT2D eigenvalue weighted by Crippen LogP contribution is 2.37. The van der Waals surface area contributed by atoms with Crippen molar-refractivity contribution in [3.63, 3.8) is 0 Å². The summed E-state index contributed by atoms with van der Waals surface area (Å²) in [4.78, 5) is 15.8. The number of hydrazine groups is 1. The largest absolute Gasteiger partial charge is 0.417 e. The summed E-state index contributed by atoms with van der Waals surface area (Å²) >= 11 is 5.62. The first-order valence-electron chi connectivity index (χ1n) is 7.99. The van der Waals surface area contributed by atoms with Gasteiger partial charge in [-0.3, -0.25) is 10.4 Å². The molecule has 3 rings (SSSR count). The molecule has 0 saturated carbocycles. The number of nitrogens with two attached hydrogens (primary N) is 1. The van der Waals surface area contributed by atoms with Crippen LogP contribution in [0.2, 0.25) is 5.02 Å². The molecule has 0 atom stereocenters. The second kappa shape index (κ2) is 7.77. The van der Waals surface area contributed by atoms with Crippen LogP contribution in [0, 0.1) is 0 Å². The first kappa shape index (κ1) is 19.5. The van der Waals surface area contributed by atoms with E-state index in [2.05, 4.69) is 10.4 Å². The van der Waals surface area contributed by atoms with Crippen molar-refractivity contribution in [3.05, 3.63) is 77.6 Å². The lowest BCUT2D eigenvalue weighted by molar-refractivity contribution is -0.137. The van der Waals surface area contributed by atoms with Crippen molar-refractivity contribution in [1.29, 1.82) is 0 Å². The lowest BCUT2D eigenvalue weighted by Gasteiger charge is -2.23. The highest BCUT2D eigenvalue weighted by atomic mass is 35.5. The molecule has 0 aliphatic heterocycles. The highest BCUT2D eigenvalue weighted by Gasteiger charge is 2.34. The van der Waals surface area contributed by atoms with Crippen molar-refractivity contribution < 1.29 is 18.0 Å². The molecule has 0 spiro atoms. The molecule has 0 saturated heterocycles. The molecular formula is C19H14ClF3N4O. The van der Waals surface area contributed by atoms with Crippen molar-refractivity contribution in [3.8, 4) is 11.1 Å². The lowest BCUT2D eigenvalue weighted by atomic mass is 10.1. The topological polar surface area (TPSA) is 71.2 Å². The fraction of sp³-hybridized carbons (Fsp3) is 0.0526. The van der Waals surface area contributed by atoms with Crippen molar-refractivity contribution >= 4 is 29.0 Å². The number of pyridine rings is 1. The predicted octanol–water partition coefficient (Wildman–Crippen LogP) is 5.33. The Morgan fingerprint density at radius 3 is 2.36 bits per heavy atom. The van der Waals surface area contributed by atoms with Gasteiger partial charge in [-0.25, -0.2) is 9.80 Å². The summed E-state index contributed by atoms with van der Waals surface area (Å²) in [7, 11) is 0. The number of primary amides is 1. The molecule has 3 aromatic rings. The number of hydrogen-bond donors (Lipinski definition) is 2. The van der Waals surface area contributed by atoms with E-state index < -0.39 is 22.8 Å². The third-order valence-electron chi connectivity index (χ3n) is 3.85. The molecule has 144 valence electrons. The molecular weight excluding hydrogens is 393 g/mol. The number of carbonyl (C=O) groups excluding carboxylic acids is 1. The van der Waals surface area contributed by atoms with Gasteiger partial charge < -0.3 is 5.73 Å². The SMILES string of the molecule is NC(=O)N(Nc1ccc(-c2cccnc2)cc1)c1ccc(Cl)c(C(F)(F)F)c1. The molecule has 0 aliphatic rings. The van der Waals surface area contributed by atoms with Gasteiger partial charge in [0.05, 0.1) is 22.0 Å². The fourth-order valence-corrected chi connectivity index (χ4v) is 2.74. The molecule has 0 bridgehead atoms. The number of benzene rings is 2. The van der Waals surface area contributed by atoms with E-state index in [1.165, 1.54) is 6.07 Å². The summed E-state index contributed by atoms with van der Waals surface area (Å²) in [6.45, 7) is 0. The smallest absolute Gasteiger partial charge is 0.350 e. The number of halogens is 4. The van der Waals surface area contributed by atoms with Crippen molar-refractivity contribution in [2.24, 2.45) is 5.73 Å². The zero-order chi connectivity index (χ0) is 20.3. The Hall–Kier alpha value is -3.26. The van der Waals surface area contributed by atoms with Gasteiger partial charge in [-0.2, -0.15) is 13.2 Å². The van der Waals surface area contributed by atoms with Gasteiger partial charge in [0.15, 0.2) is 0 Å². The zero-order valence-corrected chi connectivity index (χ0v) is 15.0. The molecule has 0 radical (unpaired) electrons. The molecule has 2 aromatic carbocycles. The molecule has 1 aromatic heterocycles. The van der Waals surface area contributed by atoms with Gasteiger partial charge in [0.25, 0.3) is 0 Å². The van der Waals surface area contributed by atoms with Gasteiger partial charge in [0.1, 0.15) is 0 Å². The number of aromatic nitrogens is 1. The van der Waals surface area contributed by atoms with Crippen LogP contribution in [0.4, 0.5) is 29.3 Å². The summed E-state index contributed by atoms with van der Waals surface area (Å²) < 4.78 is 39.2. The third kappa shape index (κ3) is 4.34. The van der Waals surface area contributed by atoms with E-state index in [4.69, 9.17) is 17.3 Å². The Balaban J connectivity index is 1.87. The molecule has 1 heterocycles. The summed E-state index contributed by atoms with van der Waals surface area (Å²) in [5.74, 6) is 0. The fourth-order valence-electron chi connectivity index (χ4n) is 2.52. The first-order valence-corrected chi connectivity index (χ1v) is 8.37. The Kier molecular flexibility index (Phi) is 5.41. The van der Waals surface area contributed by atoms with E-state index in [1.807, 2.05) is 6.07 Å². The lowest BCUT2D eigenvalue weighted by Crippen LogP contribution is -2.40. The average molecular weight is 407 g/mol. The van der Waals surface area contributed by atoms with Gasteiger partial charge in [-0.1, -0.05) is 29.8 Å². The normalized spacial score (nSPS) is 11.1. The van der Waals surface area contributed by atoms with Crippen LogP contribution in [0.5, 0.6) is 0 Å². The van der Waals surface area contributed by atoms with Crippen molar-refractivity contribution in [2.75, 3.05) is 10.4 Å². The molecule has 2 amide bonds. The highest BCUT2D eigenvalue weighted by molar-refractivity contribution is 6.31. The van der Waals surface area contributed by atoms with E-state index >= 15 is 0 Å². The van der Waals surface area contributed by atoms with E-state index in [0.29, 0.717) is 5.69 Å². The minimum Gasteiger partial charge on any atom is -0.350 e. The van der Waals surface area contributed by atoms with Gasteiger partial charge in [-0.05, 0) is 47.5 Å². The quantitative estimate of drug-likeness (QED) is 0.575. The maximum atomic E-state index is 13.1. The molecule has 0 fully saturated rings. The van der Waals surface area contributed by atoms with Crippen LogP contribution in [-0.4, -0.2) is 11.0 Å². The number of amides is 2. The van der Waals surface area contributed by atoms with Crippen LogP contribution < -0.4 is 16.2 Å². The first-order chi connectivity index (χ1) is 13.3. The summed E-state index contributed by atoms with van der Waals surface area (Å²) in [5.41, 5.74) is 9.12. The summed E-state index contributed by atoms with van der Waals surface area (Å²) in [6.07, 6.45) is -1.31. The van der Waals surface area contributed by atoms with Crippen LogP contribution >= 0.6 is 11.6 Å². The number of hydrogen-bond acceptors (Lipinski definition) is 3. The summed E-state index contributed by atoms with van der Waals surface area (Å²) in [5, 5.41) is 0.339. The van der Waals surface area contributed by atoms with E-state index in [1.54, 1.807) is 42.7 Å². The monoisotopic (exact) mass is 406 g/mol. The maximum Gasteiger partial charge on any atom is 0.417 e. The molecule has 9 heteroatoms. The number of urea groups is 1. The van der Waals surface area contributed by atoms with Crippen molar-refractivity contribution in [1.82, 2.24) is 4.98 Å². The summed E-state index contributed by atoms with van der Waals surface area (Å²) in [6, 6.07) is 12.7. The maximum absolute atomic E-state index is 13.1.